The van der Waals surface area contributed by atoms with E-state index in [-0.39, 0.29) is 11.7 Å². The van der Waals surface area contributed by atoms with E-state index in [0.717, 1.165) is 11.3 Å². The molecule has 1 aliphatic rings. The summed E-state index contributed by atoms with van der Waals surface area (Å²) in [5.74, 6) is 0.282. The first-order valence-corrected chi connectivity index (χ1v) is 6.00. The SMILES string of the molecule is CC1C(=O)CCC1Sc1ccc(F)cc1. The van der Waals surface area contributed by atoms with Crippen LogP contribution in [0.15, 0.2) is 29.2 Å². The highest BCUT2D eigenvalue weighted by molar-refractivity contribution is 8.00. The van der Waals surface area contributed by atoms with Crippen molar-refractivity contribution in [2.24, 2.45) is 5.92 Å². The maximum atomic E-state index is 12.7. The Morgan fingerprint density at radius 1 is 1.33 bits per heavy atom. The van der Waals surface area contributed by atoms with Gasteiger partial charge in [0.25, 0.3) is 0 Å². The molecule has 0 radical (unpaired) electrons. The third-order valence-corrected chi connectivity index (χ3v) is 4.33. The summed E-state index contributed by atoms with van der Waals surface area (Å²) in [7, 11) is 0. The van der Waals surface area contributed by atoms with Gasteiger partial charge in [0.2, 0.25) is 0 Å². The van der Waals surface area contributed by atoms with Gasteiger partial charge in [0.15, 0.2) is 0 Å². The zero-order valence-corrected chi connectivity index (χ0v) is 9.39. The van der Waals surface area contributed by atoms with Crippen LogP contribution in [0.2, 0.25) is 0 Å². The smallest absolute Gasteiger partial charge is 0.136 e. The normalized spacial score (nSPS) is 25.9. The van der Waals surface area contributed by atoms with Crippen LogP contribution in [-0.4, -0.2) is 11.0 Å². The van der Waals surface area contributed by atoms with Crippen molar-refractivity contribution in [3.63, 3.8) is 0 Å². The highest BCUT2D eigenvalue weighted by atomic mass is 32.2. The van der Waals surface area contributed by atoms with Gasteiger partial charge in [-0.05, 0) is 30.7 Å². The van der Waals surface area contributed by atoms with Gasteiger partial charge in [0, 0.05) is 22.5 Å². The molecule has 1 aromatic carbocycles. The number of carbonyl (C=O) groups excluding carboxylic acids is 1. The summed E-state index contributed by atoms with van der Waals surface area (Å²) in [6.07, 6.45) is 1.64. The molecule has 2 rings (SSSR count). The van der Waals surface area contributed by atoms with Crippen LogP contribution in [0.3, 0.4) is 0 Å². The van der Waals surface area contributed by atoms with Gasteiger partial charge >= 0.3 is 0 Å². The molecule has 1 aromatic rings. The Morgan fingerprint density at radius 3 is 2.53 bits per heavy atom. The Labute approximate surface area is 93.1 Å². The third kappa shape index (κ3) is 2.40. The molecule has 15 heavy (non-hydrogen) atoms. The molecule has 1 saturated carbocycles. The van der Waals surface area contributed by atoms with Crippen LogP contribution in [0, 0.1) is 11.7 Å². The van der Waals surface area contributed by atoms with E-state index >= 15 is 0 Å². The molecule has 0 heterocycles. The van der Waals surface area contributed by atoms with E-state index in [0.29, 0.717) is 17.5 Å². The van der Waals surface area contributed by atoms with Gasteiger partial charge in [-0.3, -0.25) is 4.79 Å². The number of rotatable bonds is 2. The number of Topliss-reactive ketones (excluding diaryl/α,β-unsaturated/α-hetero) is 1. The highest BCUT2D eigenvalue weighted by Crippen LogP contribution is 2.36. The van der Waals surface area contributed by atoms with Gasteiger partial charge in [0.05, 0.1) is 0 Å². The maximum Gasteiger partial charge on any atom is 0.136 e. The van der Waals surface area contributed by atoms with Gasteiger partial charge in [-0.2, -0.15) is 0 Å². The van der Waals surface area contributed by atoms with Crippen molar-refractivity contribution >= 4 is 17.5 Å². The number of ketones is 1. The lowest BCUT2D eigenvalue weighted by molar-refractivity contribution is -0.120. The average Bonchev–Trinajstić information content (AvgIpc) is 2.53. The molecule has 0 N–H and O–H groups in total. The Kier molecular flexibility index (Phi) is 3.10. The molecule has 0 aliphatic heterocycles. The predicted octanol–water partition coefficient (Wildman–Crippen LogP) is 3.29. The van der Waals surface area contributed by atoms with Gasteiger partial charge in [0.1, 0.15) is 11.6 Å². The van der Waals surface area contributed by atoms with Crippen molar-refractivity contribution in [2.75, 3.05) is 0 Å². The minimum absolute atomic E-state index is 0.139. The van der Waals surface area contributed by atoms with E-state index in [9.17, 15) is 9.18 Å². The molecule has 1 fully saturated rings. The maximum absolute atomic E-state index is 12.7. The molecule has 2 unspecified atom stereocenters. The topological polar surface area (TPSA) is 17.1 Å². The molecule has 80 valence electrons. The number of hydrogen-bond acceptors (Lipinski definition) is 2. The Bertz CT molecular complexity index is 360. The predicted molar refractivity (Wildman–Crippen MR) is 59.5 cm³/mol. The van der Waals surface area contributed by atoms with Crippen molar-refractivity contribution in [1.29, 1.82) is 0 Å². The van der Waals surface area contributed by atoms with Gasteiger partial charge in [-0.25, -0.2) is 4.39 Å². The first-order chi connectivity index (χ1) is 7.16. The molecule has 1 nitrogen and oxygen atoms in total. The molecule has 0 aromatic heterocycles. The second kappa shape index (κ2) is 4.35. The zero-order valence-electron chi connectivity index (χ0n) is 8.57. The molecule has 0 amide bonds. The van der Waals surface area contributed by atoms with Crippen LogP contribution < -0.4 is 0 Å². The van der Waals surface area contributed by atoms with E-state index in [1.165, 1.54) is 12.1 Å². The van der Waals surface area contributed by atoms with Crippen molar-refractivity contribution in [3.05, 3.63) is 30.1 Å². The lowest BCUT2D eigenvalue weighted by atomic mass is 10.1. The van der Waals surface area contributed by atoms with Crippen LogP contribution >= 0.6 is 11.8 Å². The van der Waals surface area contributed by atoms with E-state index < -0.39 is 0 Å². The summed E-state index contributed by atoms with van der Waals surface area (Å²) in [5.41, 5.74) is 0. The van der Waals surface area contributed by atoms with Crippen LogP contribution in [0.5, 0.6) is 0 Å². The summed E-state index contributed by atoms with van der Waals surface area (Å²) >= 11 is 1.68. The quantitative estimate of drug-likeness (QED) is 0.766. The van der Waals surface area contributed by atoms with Crippen LogP contribution in [-0.2, 0) is 4.79 Å². The number of carbonyl (C=O) groups is 1. The molecule has 2 atom stereocenters. The Balaban J connectivity index is 2.03. The summed E-state index contributed by atoms with van der Waals surface area (Å²) in [5, 5.41) is 0.364. The van der Waals surface area contributed by atoms with Gasteiger partial charge < -0.3 is 0 Å². The highest BCUT2D eigenvalue weighted by Gasteiger charge is 2.31. The summed E-state index contributed by atoms with van der Waals surface area (Å²) in [6.45, 7) is 1.98. The lowest BCUT2D eigenvalue weighted by Crippen LogP contribution is -2.11. The second-order valence-electron chi connectivity index (χ2n) is 3.90. The van der Waals surface area contributed by atoms with E-state index in [1.807, 2.05) is 6.92 Å². The summed E-state index contributed by atoms with van der Waals surface area (Å²) in [4.78, 5) is 12.4. The Hall–Kier alpha value is -0.830. The summed E-state index contributed by atoms with van der Waals surface area (Å²) < 4.78 is 12.7. The monoisotopic (exact) mass is 224 g/mol. The number of hydrogen-bond donors (Lipinski definition) is 0. The third-order valence-electron chi connectivity index (χ3n) is 2.84. The largest absolute Gasteiger partial charge is 0.299 e. The van der Waals surface area contributed by atoms with E-state index in [4.69, 9.17) is 0 Å². The lowest BCUT2D eigenvalue weighted by Gasteiger charge is -2.13. The second-order valence-corrected chi connectivity index (χ2v) is 5.22. The van der Waals surface area contributed by atoms with Crippen molar-refractivity contribution in [1.82, 2.24) is 0 Å². The fourth-order valence-electron chi connectivity index (χ4n) is 1.82. The van der Waals surface area contributed by atoms with Crippen LogP contribution in [0.1, 0.15) is 19.8 Å². The molecular weight excluding hydrogens is 211 g/mol. The average molecular weight is 224 g/mol. The van der Waals surface area contributed by atoms with Crippen molar-refractivity contribution < 1.29 is 9.18 Å². The molecular formula is C12H13FOS. The standard InChI is InChI=1S/C12H13FOS/c1-8-11(14)6-7-12(8)15-10-4-2-9(13)3-5-10/h2-5,8,12H,6-7H2,1H3. The number of thioether (sulfide) groups is 1. The summed E-state index contributed by atoms with van der Waals surface area (Å²) in [6, 6.07) is 6.47. The van der Waals surface area contributed by atoms with E-state index in [1.54, 1.807) is 23.9 Å². The van der Waals surface area contributed by atoms with Crippen molar-refractivity contribution in [3.8, 4) is 0 Å². The first kappa shape index (κ1) is 10.7. The fraction of sp³-hybridized carbons (Fsp3) is 0.417. The molecule has 3 heteroatoms. The van der Waals surface area contributed by atoms with Crippen LogP contribution in [0.25, 0.3) is 0 Å². The fourth-order valence-corrected chi connectivity index (χ4v) is 3.05. The zero-order chi connectivity index (χ0) is 10.8. The van der Waals surface area contributed by atoms with Gasteiger partial charge in [-0.1, -0.05) is 6.92 Å². The first-order valence-electron chi connectivity index (χ1n) is 5.12. The molecule has 0 saturated heterocycles. The van der Waals surface area contributed by atoms with Gasteiger partial charge in [-0.15, -0.1) is 11.8 Å². The Morgan fingerprint density at radius 2 is 2.00 bits per heavy atom. The number of halogens is 1. The number of benzene rings is 1. The molecule has 0 bridgehead atoms. The van der Waals surface area contributed by atoms with E-state index in [2.05, 4.69) is 0 Å². The minimum Gasteiger partial charge on any atom is -0.299 e. The van der Waals surface area contributed by atoms with Crippen LogP contribution in [0.4, 0.5) is 4.39 Å². The van der Waals surface area contributed by atoms with Crippen molar-refractivity contribution in [2.45, 2.75) is 29.9 Å². The molecule has 0 spiro atoms. The molecule has 1 aliphatic carbocycles. The minimum atomic E-state index is -0.213.